The molecule has 2 fully saturated rings. The monoisotopic (exact) mass is 320 g/mol. The van der Waals surface area contributed by atoms with Crippen molar-refractivity contribution in [2.24, 2.45) is 0 Å². The van der Waals surface area contributed by atoms with Gasteiger partial charge in [-0.05, 0) is 19.4 Å². The van der Waals surface area contributed by atoms with Crippen LogP contribution in [0.5, 0.6) is 0 Å². The molecule has 0 amide bonds. The third-order valence-electron chi connectivity index (χ3n) is 3.89. The molecule has 2 saturated heterocycles. The van der Waals surface area contributed by atoms with Crippen LogP contribution in [-0.2, 0) is 30.3 Å². The largest absolute Gasteiger partial charge is 0.375 e. The highest BCUT2D eigenvalue weighted by Crippen LogP contribution is 2.39. The zero-order valence-electron chi connectivity index (χ0n) is 13.6. The highest BCUT2D eigenvalue weighted by atomic mass is 16.8. The van der Waals surface area contributed by atoms with Crippen molar-refractivity contribution in [1.29, 1.82) is 0 Å². The molecule has 0 radical (unpaired) electrons. The van der Waals surface area contributed by atoms with Gasteiger partial charge in [0.25, 0.3) is 0 Å². The van der Waals surface area contributed by atoms with Crippen molar-refractivity contribution < 1.29 is 23.7 Å². The standard InChI is InChI=1S/C18H24O5/c1-4-10-19-12-14-15(20-11-13-8-6-5-7-9-13)16-17(21-14)23-18(2,3)22-16/h4-9,14-17H,1,10-12H2,2-3H3/t14-,15+,16-,17-/m1/s1. The first-order valence-electron chi connectivity index (χ1n) is 7.94. The summed E-state index contributed by atoms with van der Waals surface area (Å²) in [5.74, 6) is -0.656. The quantitative estimate of drug-likeness (QED) is 0.571. The third-order valence-corrected chi connectivity index (χ3v) is 3.89. The Labute approximate surface area is 137 Å². The van der Waals surface area contributed by atoms with E-state index < -0.39 is 12.1 Å². The number of rotatable bonds is 7. The number of hydrogen-bond acceptors (Lipinski definition) is 5. The SMILES string of the molecule is C=CCOC[C@H]1O[C@@H]2OC(C)(C)O[C@@H]2[C@H]1OCc1ccccc1. The van der Waals surface area contributed by atoms with Crippen LogP contribution in [-0.4, -0.2) is 43.6 Å². The molecule has 1 aromatic rings. The van der Waals surface area contributed by atoms with E-state index in [0.29, 0.717) is 19.8 Å². The topological polar surface area (TPSA) is 46.2 Å². The summed E-state index contributed by atoms with van der Waals surface area (Å²) in [7, 11) is 0. The molecule has 5 heteroatoms. The van der Waals surface area contributed by atoms with Gasteiger partial charge in [0.05, 0.1) is 19.8 Å². The Hall–Kier alpha value is -1.24. The van der Waals surface area contributed by atoms with Crippen molar-refractivity contribution in [2.75, 3.05) is 13.2 Å². The van der Waals surface area contributed by atoms with Gasteiger partial charge in [0.1, 0.15) is 18.3 Å². The molecule has 0 bridgehead atoms. The first-order chi connectivity index (χ1) is 11.1. The Bertz CT molecular complexity index is 515. The van der Waals surface area contributed by atoms with Gasteiger partial charge in [-0.15, -0.1) is 6.58 Å². The summed E-state index contributed by atoms with van der Waals surface area (Å²) in [6.45, 7) is 8.81. The molecule has 0 aliphatic carbocycles. The van der Waals surface area contributed by atoms with Crippen LogP contribution in [0.25, 0.3) is 0 Å². The lowest BCUT2D eigenvalue weighted by molar-refractivity contribution is -0.224. The van der Waals surface area contributed by atoms with E-state index in [9.17, 15) is 0 Å². The predicted molar refractivity (Wildman–Crippen MR) is 84.7 cm³/mol. The Balaban J connectivity index is 1.64. The minimum atomic E-state index is -0.656. The summed E-state index contributed by atoms with van der Waals surface area (Å²) < 4.78 is 29.3. The minimum Gasteiger partial charge on any atom is -0.375 e. The Kier molecular flexibility index (Phi) is 5.14. The highest BCUT2D eigenvalue weighted by Gasteiger charge is 2.55. The maximum Gasteiger partial charge on any atom is 0.190 e. The summed E-state index contributed by atoms with van der Waals surface area (Å²) in [5.41, 5.74) is 1.11. The molecule has 2 aliphatic rings. The van der Waals surface area contributed by atoms with Gasteiger partial charge < -0.3 is 23.7 Å². The summed E-state index contributed by atoms with van der Waals surface area (Å²) in [6, 6.07) is 10.0. The van der Waals surface area contributed by atoms with Gasteiger partial charge in [-0.25, -0.2) is 0 Å². The smallest absolute Gasteiger partial charge is 0.190 e. The second-order valence-electron chi connectivity index (χ2n) is 6.23. The van der Waals surface area contributed by atoms with Crippen LogP contribution in [0.15, 0.2) is 43.0 Å². The molecule has 0 saturated carbocycles. The van der Waals surface area contributed by atoms with Gasteiger partial charge in [-0.3, -0.25) is 0 Å². The maximum absolute atomic E-state index is 6.10. The van der Waals surface area contributed by atoms with Crippen LogP contribution in [0.4, 0.5) is 0 Å². The number of fused-ring (bicyclic) bond motifs is 1. The van der Waals surface area contributed by atoms with E-state index in [1.54, 1.807) is 6.08 Å². The molecule has 2 heterocycles. The highest BCUT2D eigenvalue weighted by molar-refractivity contribution is 5.13. The van der Waals surface area contributed by atoms with Crippen molar-refractivity contribution in [3.8, 4) is 0 Å². The third kappa shape index (κ3) is 4.00. The van der Waals surface area contributed by atoms with Gasteiger partial charge in [0.15, 0.2) is 12.1 Å². The van der Waals surface area contributed by atoms with E-state index >= 15 is 0 Å². The summed E-state index contributed by atoms with van der Waals surface area (Å²) >= 11 is 0. The first kappa shape index (κ1) is 16.6. The van der Waals surface area contributed by atoms with Gasteiger partial charge in [0.2, 0.25) is 0 Å². The molecular formula is C18H24O5. The molecular weight excluding hydrogens is 296 g/mol. The molecule has 1 aromatic carbocycles. The lowest BCUT2D eigenvalue weighted by atomic mass is 10.1. The van der Waals surface area contributed by atoms with Gasteiger partial charge >= 0.3 is 0 Å². The maximum atomic E-state index is 6.10. The Morgan fingerprint density at radius 1 is 1.22 bits per heavy atom. The predicted octanol–water partition coefficient (Wildman–Crippen LogP) is 2.65. The molecule has 0 aromatic heterocycles. The molecule has 3 rings (SSSR count). The zero-order chi connectivity index (χ0) is 16.3. The fourth-order valence-electron chi connectivity index (χ4n) is 2.92. The van der Waals surface area contributed by atoms with Crippen molar-refractivity contribution >= 4 is 0 Å². The van der Waals surface area contributed by atoms with Crippen molar-refractivity contribution in [1.82, 2.24) is 0 Å². The van der Waals surface area contributed by atoms with Crippen LogP contribution in [0.1, 0.15) is 19.4 Å². The Morgan fingerprint density at radius 3 is 2.74 bits per heavy atom. The molecule has 0 spiro atoms. The molecule has 5 nitrogen and oxygen atoms in total. The van der Waals surface area contributed by atoms with E-state index in [1.807, 2.05) is 44.2 Å². The van der Waals surface area contributed by atoms with Crippen LogP contribution in [0.3, 0.4) is 0 Å². The van der Waals surface area contributed by atoms with E-state index in [4.69, 9.17) is 23.7 Å². The first-order valence-corrected chi connectivity index (χ1v) is 7.94. The lowest BCUT2D eigenvalue weighted by Gasteiger charge is -2.25. The van der Waals surface area contributed by atoms with Crippen LogP contribution >= 0.6 is 0 Å². The minimum absolute atomic E-state index is 0.218. The van der Waals surface area contributed by atoms with Crippen LogP contribution < -0.4 is 0 Å². The second-order valence-corrected chi connectivity index (χ2v) is 6.23. The van der Waals surface area contributed by atoms with E-state index in [-0.39, 0.29) is 18.3 Å². The normalized spacial score (nSPS) is 31.9. The van der Waals surface area contributed by atoms with Crippen molar-refractivity contribution in [2.45, 2.75) is 50.8 Å². The fourth-order valence-corrected chi connectivity index (χ4v) is 2.92. The average molecular weight is 320 g/mol. The van der Waals surface area contributed by atoms with Crippen molar-refractivity contribution in [3.63, 3.8) is 0 Å². The van der Waals surface area contributed by atoms with E-state index in [2.05, 4.69) is 6.58 Å². The number of hydrogen-bond donors (Lipinski definition) is 0. The molecule has 23 heavy (non-hydrogen) atoms. The molecule has 2 aliphatic heterocycles. The average Bonchev–Trinajstić information content (AvgIpc) is 2.98. The Morgan fingerprint density at radius 2 is 2.00 bits per heavy atom. The van der Waals surface area contributed by atoms with Gasteiger partial charge in [-0.2, -0.15) is 0 Å². The molecule has 0 N–H and O–H groups in total. The lowest BCUT2D eigenvalue weighted by Crippen LogP contribution is -2.38. The molecule has 126 valence electrons. The van der Waals surface area contributed by atoms with Gasteiger partial charge in [-0.1, -0.05) is 36.4 Å². The zero-order valence-corrected chi connectivity index (χ0v) is 13.6. The second kappa shape index (κ2) is 7.11. The van der Waals surface area contributed by atoms with Crippen molar-refractivity contribution in [3.05, 3.63) is 48.6 Å². The van der Waals surface area contributed by atoms with E-state index in [1.165, 1.54) is 0 Å². The van der Waals surface area contributed by atoms with Gasteiger partial charge in [0, 0.05) is 0 Å². The number of benzene rings is 1. The summed E-state index contributed by atoms with van der Waals surface area (Å²) in [4.78, 5) is 0. The fraction of sp³-hybridized carbons (Fsp3) is 0.556. The molecule has 0 unspecified atom stereocenters. The van der Waals surface area contributed by atoms with Crippen LogP contribution in [0, 0.1) is 0 Å². The van der Waals surface area contributed by atoms with E-state index in [0.717, 1.165) is 5.56 Å². The number of ether oxygens (including phenoxy) is 5. The summed E-state index contributed by atoms with van der Waals surface area (Å²) in [5, 5.41) is 0. The summed E-state index contributed by atoms with van der Waals surface area (Å²) in [6.07, 6.45) is 0.608. The molecule has 4 atom stereocenters. The van der Waals surface area contributed by atoms with Crippen LogP contribution in [0.2, 0.25) is 0 Å².